The number of carbonyl (C=O) groups is 1. The molecule has 0 atom stereocenters. The number of carbonyl (C=O) groups excluding carboxylic acids is 1. The number of esters is 1. The van der Waals surface area contributed by atoms with E-state index in [-0.39, 0.29) is 18.0 Å². The average molecular weight is 290 g/mol. The Bertz CT molecular complexity index is 478. The van der Waals surface area contributed by atoms with Gasteiger partial charge in [0, 0.05) is 12.7 Å². The summed E-state index contributed by atoms with van der Waals surface area (Å²) in [7, 11) is 0. The lowest BCUT2D eigenvalue weighted by molar-refractivity contribution is -0.137. The molecule has 0 amide bonds. The van der Waals surface area contributed by atoms with Gasteiger partial charge in [-0.15, -0.1) is 0 Å². The first-order valence-electron chi connectivity index (χ1n) is 7.47. The molecule has 0 aliphatic heterocycles. The zero-order valence-corrected chi connectivity index (χ0v) is 13.5. The van der Waals surface area contributed by atoms with Gasteiger partial charge in [-0.05, 0) is 41.9 Å². The molecule has 21 heavy (non-hydrogen) atoms. The third-order valence-electron chi connectivity index (χ3n) is 3.30. The molecule has 0 spiro atoms. The molecule has 1 aromatic carbocycles. The van der Waals surface area contributed by atoms with Crippen molar-refractivity contribution in [1.29, 1.82) is 0 Å². The Hall–Kier alpha value is -1.61. The molecule has 0 bridgehead atoms. The fraction of sp³-hybridized carbons (Fsp3) is 0.500. The third-order valence-corrected chi connectivity index (χ3v) is 3.30. The molecule has 0 fully saturated rings. The summed E-state index contributed by atoms with van der Waals surface area (Å²) in [6, 6.07) is 8.24. The van der Waals surface area contributed by atoms with E-state index >= 15 is 0 Å². The van der Waals surface area contributed by atoms with Gasteiger partial charge in [0.2, 0.25) is 0 Å². The van der Waals surface area contributed by atoms with Crippen molar-refractivity contribution in [3.8, 4) is 0 Å². The molecule has 1 aromatic rings. The lowest BCUT2D eigenvalue weighted by atomic mass is 9.86. The molecule has 0 saturated heterocycles. The Labute approximate surface area is 127 Å². The first-order valence-corrected chi connectivity index (χ1v) is 7.47. The second kappa shape index (κ2) is 7.99. The maximum Gasteiger partial charge on any atom is 0.331 e. The number of aliphatic hydroxyl groups is 1. The quantitative estimate of drug-likeness (QED) is 0.642. The molecule has 0 radical (unpaired) electrons. The van der Waals surface area contributed by atoms with Crippen molar-refractivity contribution in [2.24, 2.45) is 0 Å². The Morgan fingerprint density at radius 2 is 1.86 bits per heavy atom. The zero-order valence-electron chi connectivity index (χ0n) is 13.5. The van der Waals surface area contributed by atoms with Gasteiger partial charge in [-0.1, -0.05) is 45.0 Å². The van der Waals surface area contributed by atoms with Crippen LogP contribution in [0.5, 0.6) is 0 Å². The van der Waals surface area contributed by atoms with E-state index in [1.807, 2.05) is 12.1 Å². The molecule has 1 N–H and O–H groups in total. The normalized spacial score (nSPS) is 12.3. The van der Waals surface area contributed by atoms with Crippen LogP contribution >= 0.6 is 0 Å². The highest BCUT2D eigenvalue weighted by atomic mass is 16.5. The number of benzene rings is 1. The highest BCUT2D eigenvalue weighted by molar-refractivity contribution is 5.91. The number of hydrogen-bond acceptors (Lipinski definition) is 3. The molecular weight excluding hydrogens is 264 g/mol. The summed E-state index contributed by atoms with van der Waals surface area (Å²) >= 11 is 0. The van der Waals surface area contributed by atoms with E-state index in [9.17, 15) is 4.79 Å². The average Bonchev–Trinajstić information content (AvgIpc) is 2.43. The molecule has 3 heteroatoms. The first kappa shape index (κ1) is 17.4. The van der Waals surface area contributed by atoms with E-state index in [1.54, 1.807) is 6.92 Å². The van der Waals surface area contributed by atoms with Crippen molar-refractivity contribution in [1.82, 2.24) is 0 Å². The van der Waals surface area contributed by atoms with Crippen molar-refractivity contribution < 1.29 is 14.6 Å². The molecular formula is C18H26O3. The summed E-state index contributed by atoms with van der Waals surface area (Å²) in [5, 5.41) is 9.01. The zero-order chi connectivity index (χ0) is 15.9. The number of ether oxygens (including phenoxy) is 1. The van der Waals surface area contributed by atoms with Crippen molar-refractivity contribution in [2.75, 3.05) is 13.2 Å². The molecule has 3 nitrogen and oxygen atoms in total. The van der Waals surface area contributed by atoms with Crippen molar-refractivity contribution in [2.45, 2.75) is 46.0 Å². The number of hydrogen-bond donors (Lipinski definition) is 1. The molecule has 1 rings (SSSR count). The second-order valence-corrected chi connectivity index (χ2v) is 6.08. The van der Waals surface area contributed by atoms with Gasteiger partial charge in [0.15, 0.2) is 0 Å². The predicted molar refractivity (Wildman–Crippen MR) is 86.1 cm³/mol. The Morgan fingerprint density at radius 1 is 1.24 bits per heavy atom. The summed E-state index contributed by atoms with van der Waals surface area (Å²) in [5.74, 6) is -0.328. The number of allylic oxidation sites excluding steroid dienone is 1. The highest BCUT2D eigenvalue weighted by Crippen LogP contribution is 2.26. The summed E-state index contributed by atoms with van der Waals surface area (Å²) < 4.78 is 4.97. The van der Waals surface area contributed by atoms with Gasteiger partial charge >= 0.3 is 5.97 Å². The van der Waals surface area contributed by atoms with Crippen LogP contribution in [0.15, 0.2) is 30.3 Å². The topological polar surface area (TPSA) is 46.5 Å². The molecule has 0 aliphatic rings. The molecule has 0 aliphatic carbocycles. The van der Waals surface area contributed by atoms with E-state index in [4.69, 9.17) is 9.84 Å². The van der Waals surface area contributed by atoms with E-state index in [0.29, 0.717) is 19.4 Å². The maximum absolute atomic E-state index is 11.7. The largest absolute Gasteiger partial charge is 0.463 e. The van der Waals surface area contributed by atoms with Gasteiger partial charge < -0.3 is 9.84 Å². The van der Waals surface area contributed by atoms with Crippen LogP contribution in [0.3, 0.4) is 0 Å². The standard InChI is InChI=1S/C18H26O3/c1-5-21-17(20)13-15(7-6-12-19)14-8-10-16(11-9-14)18(2,3)4/h8-11,13,19H,5-7,12H2,1-4H3/b15-13+. The molecule has 0 heterocycles. The molecule has 0 unspecified atom stereocenters. The summed E-state index contributed by atoms with van der Waals surface area (Å²) in [4.78, 5) is 11.7. The van der Waals surface area contributed by atoms with E-state index < -0.39 is 0 Å². The van der Waals surface area contributed by atoms with Crippen LogP contribution in [-0.2, 0) is 14.9 Å². The smallest absolute Gasteiger partial charge is 0.331 e. The van der Waals surface area contributed by atoms with Gasteiger partial charge in [0.05, 0.1) is 6.61 Å². The van der Waals surface area contributed by atoms with Crippen molar-refractivity contribution in [3.05, 3.63) is 41.5 Å². The monoisotopic (exact) mass is 290 g/mol. The minimum absolute atomic E-state index is 0.106. The van der Waals surface area contributed by atoms with Gasteiger partial charge in [0.1, 0.15) is 0 Å². The molecule has 0 saturated carbocycles. The van der Waals surface area contributed by atoms with Crippen LogP contribution in [0.1, 0.15) is 51.7 Å². The van der Waals surface area contributed by atoms with Crippen LogP contribution in [0.4, 0.5) is 0 Å². The van der Waals surface area contributed by atoms with Gasteiger partial charge in [-0.25, -0.2) is 4.79 Å². The summed E-state index contributed by atoms with van der Waals surface area (Å²) in [6.07, 6.45) is 2.82. The fourth-order valence-electron chi connectivity index (χ4n) is 2.08. The Balaban J connectivity index is 3.00. The van der Waals surface area contributed by atoms with Gasteiger partial charge in [-0.3, -0.25) is 0 Å². The minimum atomic E-state index is -0.328. The SMILES string of the molecule is CCOC(=O)/C=C(\CCCO)c1ccc(C(C)(C)C)cc1. The van der Waals surface area contributed by atoms with Crippen LogP contribution in [0.25, 0.3) is 5.57 Å². The summed E-state index contributed by atoms with van der Waals surface area (Å²) in [6.45, 7) is 8.78. The number of aliphatic hydroxyl groups excluding tert-OH is 1. The van der Waals surface area contributed by atoms with E-state index in [2.05, 4.69) is 32.9 Å². The maximum atomic E-state index is 11.7. The van der Waals surface area contributed by atoms with E-state index in [0.717, 1.165) is 11.1 Å². The molecule has 0 aromatic heterocycles. The Morgan fingerprint density at radius 3 is 2.33 bits per heavy atom. The summed E-state index contributed by atoms with van der Waals surface area (Å²) in [5.41, 5.74) is 3.27. The first-order chi connectivity index (χ1) is 9.88. The van der Waals surface area contributed by atoms with Crippen LogP contribution in [0, 0.1) is 0 Å². The van der Waals surface area contributed by atoms with Crippen LogP contribution < -0.4 is 0 Å². The van der Waals surface area contributed by atoms with Crippen molar-refractivity contribution in [3.63, 3.8) is 0 Å². The second-order valence-electron chi connectivity index (χ2n) is 6.08. The van der Waals surface area contributed by atoms with E-state index in [1.165, 1.54) is 11.6 Å². The molecule has 116 valence electrons. The van der Waals surface area contributed by atoms with Gasteiger partial charge in [0.25, 0.3) is 0 Å². The number of rotatable bonds is 6. The Kier molecular flexibility index (Phi) is 6.63. The van der Waals surface area contributed by atoms with Crippen LogP contribution in [0.2, 0.25) is 0 Å². The minimum Gasteiger partial charge on any atom is -0.463 e. The highest BCUT2D eigenvalue weighted by Gasteiger charge is 2.13. The van der Waals surface area contributed by atoms with Gasteiger partial charge in [-0.2, -0.15) is 0 Å². The van der Waals surface area contributed by atoms with Crippen LogP contribution in [-0.4, -0.2) is 24.3 Å². The predicted octanol–water partition coefficient (Wildman–Crippen LogP) is 3.70. The lowest BCUT2D eigenvalue weighted by Crippen LogP contribution is -2.10. The third kappa shape index (κ3) is 5.72. The van der Waals surface area contributed by atoms with Crippen molar-refractivity contribution >= 4 is 11.5 Å². The lowest BCUT2D eigenvalue weighted by Gasteiger charge is -2.19. The fourth-order valence-corrected chi connectivity index (χ4v) is 2.08.